The molecule has 0 saturated heterocycles. The lowest BCUT2D eigenvalue weighted by Gasteiger charge is -2.36. The largest absolute Gasteiger partial charge is 0.506 e. The highest BCUT2D eigenvalue weighted by Gasteiger charge is 2.32. The average molecular weight is 323 g/mol. The van der Waals surface area contributed by atoms with Crippen molar-refractivity contribution in [1.29, 1.82) is 0 Å². The van der Waals surface area contributed by atoms with E-state index in [1.54, 1.807) is 25.2 Å². The van der Waals surface area contributed by atoms with Crippen molar-refractivity contribution in [2.75, 3.05) is 12.4 Å². The van der Waals surface area contributed by atoms with Gasteiger partial charge in [0.25, 0.3) is 5.91 Å². The second-order valence-corrected chi connectivity index (χ2v) is 5.68. The number of phenols is 1. The number of amides is 1. The van der Waals surface area contributed by atoms with E-state index >= 15 is 0 Å². The number of benzene rings is 2. The first kappa shape index (κ1) is 14.0. The van der Waals surface area contributed by atoms with Crippen LogP contribution in [0.2, 0.25) is 10.0 Å². The average Bonchev–Trinajstić information content (AvgIpc) is 2.47. The van der Waals surface area contributed by atoms with Crippen LogP contribution in [-0.2, 0) is 0 Å². The third-order valence-electron chi connectivity index (χ3n) is 3.51. The molecule has 2 aromatic rings. The van der Waals surface area contributed by atoms with Gasteiger partial charge in [0.05, 0.1) is 10.6 Å². The molecule has 0 aliphatic carbocycles. The summed E-state index contributed by atoms with van der Waals surface area (Å²) in [7, 11) is 1.66. The standard InChI is InChI=1S/C15H12Cl2N2O2/c1-19-14(10-6-8(16)7-11(17)13(10)20)18-12-5-3-2-4-9(12)15(19)21/h2-7,14,18,20H,1H3. The summed E-state index contributed by atoms with van der Waals surface area (Å²) in [5.74, 6) is -0.220. The number of hydrogen-bond donors (Lipinski definition) is 2. The molecular weight excluding hydrogens is 311 g/mol. The monoisotopic (exact) mass is 322 g/mol. The highest BCUT2D eigenvalue weighted by atomic mass is 35.5. The van der Waals surface area contributed by atoms with Crippen LogP contribution in [0.4, 0.5) is 5.69 Å². The SMILES string of the molecule is CN1C(=O)c2ccccc2NC1c1cc(Cl)cc(Cl)c1O. The summed E-state index contributed by atoms with van der Waals surface area (Å²) in [5.41, 5.74) is 1.75. The van der Waals surface area contributed by atoms with E-state index in [0.29, 0.717) is 21.8 Å². The number of hydrogen-bond acceptors (Lipinski definition) is 3. The summed E-state index contributed by atoms with van der Waals surface area (Å²) < 4.78 is 0. The maximum atomic E-state index is 12.4. The molecule has 21 heavy (non-hydrogen) atoms. The lowest BCUT2D eigenvalue weighted by molar-refractivity contribution is 0.0734. The molecule has 1 heterocycles. The van der Waals surface area contributed by atoms with Crippen molar-refractivity contribution in [2.45, 2.75) is 6.17 Å². The molecule has 1 aliphatic heterocycles. The Labute approximate surface area is 131 Å². The summed E-state index contributed by atoms with van der Waals surface area (Å²) in [6.07, 6.45) is -0.538. The van der Waals surface area contributed by atoms with E-state index in [-0.39, 0.29) is 16.7 Å². The molecule has 1 aliphatic rings. The van der Waals surface area contributed by atoms with E-state index in [2.05, 4.69) is 5.32 Å². The zero-order chi connectivity index (χ0) is 15.1. The topological polar surface area (TPSA) is 52.6 Å². The van der Waals surface area contributed by atoms with Crippen molar-refractivity contribution in [3.8, 4) is 5.75 Å². The van der Waals surface area contributed by atoms with Gasteiger partial charge in [-0.3, -0.25) is 4.79 Å². The number of phenolic OH excluding ortho intramolecular Hbond substituents is 1. The fourth-order valence-electron chi connectivity index (χ4n) is 2.43. The van der Waals surface area contributed by atoms with Crippen molar-refractivity contribution in [3.05, 3.63) is 57.6 Å². The summed E-state index contributed by atoms with van der Waals surface area (Å²) in [4.78, 5) is 13.9. The van der Waals surface area contributed by atoms with Crippen LogP contribution >= 0.6 is 23.2 Å². The molecule has 3 rings (SSSR count). The molecule has 2 N–H and O–H groups in total. The van der Waals surface area contributed by atoms with Gasteiger partial charge in [0.15, 0.2) is 0 Å². The molecule has 0 spiro atoms. The molecule has 0 saturated carbocycles. The van der Waals surface area contributed by atoms with Gasteiger partial charge in [0.1, 0.15) is 11.9 Å². The molecule has 0 fully saturated rings. The number of rotatable bonds is 1. The van der Waals surface area contributed by atoms with Gasteiger partial charge >= 0.3 is 0 Å². The first-order valence-corrected chi connectivity index (χ1v) is 7.05. The van der Waals surface area contributed by atoms with Crippen molar-refractivity contribution in [2.24, 2.45) is 0 Å². The van der Waals surface area contributed by atoms with E-state index < -0.39 is 6.17 Å². The number of carbonyl (C=O) groups is 1. The van der Waals surface area contributed by atoms with Crippen LogP contribution in [0.1, 0.15) is 22.1 Å². The summed E-state index contributed by atoms with van der Waals surface area (Å²) in [5, 5.41) is 13.9. The number of aromatic hydroxyl groups is 1. The van der Waals surface area contributed by atoms with E-state index in [1.165, 1.54) is 11.0 Å². The fraction of sp³-hybridized carbons (Fsp3) is 0.133. The Morgan fingerprint density at radius 1 is 1.24 bits per heavy atom. The smallest absolute Gasteiger partial charge is 0.257 e. The van der Waals surface area contributed by atoms with Crippen LogP contribution in [-0.4, -0.2) is 23.0 Å². The fourth-order valence-corrected chi connectivity index (χ4v) is 2.94. The molecule has 0 aromatic heterocycles. The normalized spacial score (nSPS) is 17.4. The lowest BCUT2D eigenvalue weighted by Crippen LogP contribution is -2.40. The summed E-state index contributed by atoms with van der Waals surface area (Å²) in [6.45, 7) is 0. The highest BCUT2D eigenvalue weighted by molar-refractivity contribution is 6.35. The molecule has 1 amide bonds. The van der Waals surface area contributed by atoms with Gasteiger partial charge in [0, 0.05) is 23.3 Å². The number of fused-ring (bicyclic) bond motifs is 1. The van der Waals surface area contributed by atoms with Gasteiger partial charge in [0.2, 0.25) is 0 Å². The van der Waals surface area contributed by atoms with Gasteiger partial charge in [-0.1, -0.05) is 35.3 Å². The third kappa shape index (κ3) is 2.30. The van der Waals surface area contributed by atoms with E-state index in [1.807, 2.05) is 12.1 Å². The first-order valence-electron chi connectivity index (χ1n) is 6.29. The number of halogens is 2. The predicted molar refractivity (Wildman–Crippen MR) is 83.0 cm³/mol. The van der Waals surface area contributed by atoms with E-state index in [9.17, 15) is 9.90 Å². The molecule has 0 radical (unpaired) electrons. The summed E-state index contributed by atoms with van der Waals surface area (Å²) >= 11 is 12.0. The number of para-hydroxylation sites is 1. The molecule has 4 nitrogen and oxygen atoms in total. The number of anilines is 1. The Morgan fingerprint density at radius 3 is 2.71 bits per heavy atom. The van der Waals surface area contributed by atoms with Crippen LogP contribution in [0.3, 0.4) is 0 Å². The van der Waals surface area contributed by atoms with Gasteiger partial charge in [-0.25, -0.2) is 0 Å². The molecular formula is C15H12Cl2N2O2. The lowest BCUT2D eigenvalue weighted by atomic mass is 10.0. The van der Waals surface area contributed by atoms with Crippen LogP contribution in [0, 0.1) is 0 Å². The van der Waals surface area contributed by atoms with Gasteiger partial charge in [-0.2, -0.15) is 0 Å². The van der Waals surface area contributed by atoms with Crippen molar-refractivity contribution < 1.29 is 9.90 Å². The number of nitrogens with zero attached hydrogens (tertiary/aromatic N) is 1. The van der Waals surface area contributed by atoms with Crippen LogP contribution in [0.15, 0.2) is 36.4 Å². The zero-order valence-corrected chi connectivity index (χ0v) is 12.6. The van der Waals surface area contributed by atoms with E-state index in [4.69, 9.17) is 23.2 Å². The highest BCUT2D eigenvalue weighted by Crippen LogP contribution is 2.40. The Kier molecular flexibility index (Phi) is 3.43. The Hall–Kier alpha value is -1.91. The van der Waals surface area contributed by atoms with Crippen molar-refractivity contribution in [3.63, 3.8) is 0 Å². The van der Waals surface area contributed by atoms with Gasteiger partial charge < -0.3 is 15.3 Å². The molecule has 0 bridgehead atoms. The second-order valence-electron chi connectivity index (χ2n) is 4.83. The minimum atomic E-state index is -0.538. The van der Waals surface area contributed by atoms with Gasteiger partial charge in [-0.15, -0.1) is 0 Å². The van der Waals surface area contributed by atoms with E-state index in [0.717, 1.165) is 0 Å². The minimum Gasteiger partial charge on any atom is -0.506 e. The third-order valence-corrected chi connectivity index (χ3v) is 4.02. The second kappa shape index (κ2) is 5.13. The molecule has 2 aromatic carbocycles. The van der Waals surface area contributed by atoms with Crippen molar-refractivity contribution in [1.82, 2.24) is 4.90 Å². The Balaban J connectivity index is 2.11. The molecule has 1 atom stereocenters. The number of nitrogens with one attached hydrogen (secondary N) is 1. The zero-order valence-electron chi connectivity index (χ0n) is 11.1. The molecule has 1 unspecified atom stereocenters. The Morgan fingerprint density at radius 2 is 1.95 bits per heavy atom. The maximum Gasteiger partial charge on any atom is 0.257 e. The van der Waals surface area contributed by atoms with Crippen LogP contribution in [0.25, 0.3) is 0 Å². The molecule has 108 valence electrons. The van der Waals surface area contributed by atoms with Crippen LogP contribution < -0.4 is 5.32 Å². The minimum absolute atomic E-state index is 0.0856. The van der Waals surface area contributed by atoms with Crippen molar-refractivity contribution >= 4 is 34.8 Å². The quantitative estimate of drug-likeness (QED) is 0.837. The Bertz CT molecular complexity index is 734. The first-order chi connectivity index (χ1) is 9.99. The summed E-state index contributed by atoms with van der Waals surface area (Å²) in [6, 6.07) is 10.3. The number of carbonyl (C=O) groups excluding carboxylic acids is 1. The van der Waals surface area contributed by atoms with Crippen LogP contribution in [0.5, 0.6) is 5.75 Å². The molecule has 6 heteroatoms. The maximum absolute atomic E-state index is 12.4. The van der Waals surface area contributed by atoms with Gasteiger partial charge in [-0.05, 0) is 24.3 Å². The predicted octanol–water partition coefficient (Wildman–Crippen LogP) is 3.90.